The van der Waals surface area contributed by atoms with E-state index in [4.69, 9.17) is 19.9 Å². The predicted molar refractivity (Wildman–Crippen MR) is 119 cm³/mol. The summed E-state index contributed by atoms with van der Waals surface area (Å²) >= 11 is 0. The summed E-state index contributed by atoms with van der Waals surface area (Å²) < 4.78 is 23.0. The maximum Gasteiger partial charge on any atom is 0.163 e. The van der Waals surface area contributed by atoms with Gasteiger partial charge in [-0.15, -0.1) is 0 Å². The van der Waals surface area contributed by atoms with Crippen molar-refractivity contribution in [1.82, 2.24) is 24.1 Å². The predicted octanol–water partition coefficient (Wildman–Crippen LogP) is 3.06. The Kier molecular flexibility index (Phi) is 4.22. The molecule has 0 amide bonds. The molecule has 0 spiro atoms. The molecule has 4 aromatic rings. The van der Waals surface area contributed by atoms with E-state index in [1.54, 1.807) is 0 Å². The van der Waals surface area contributed by atoms with Crippen LogP contribution in [0.5, 0.6) is 5.75 Å². The number of fused-ring (bicyclic) bond motifs is 3. The van der Waals surface area contributed by atoms with Gasteiger partial charge in [-0.2, -0.15) is 0 Å². The first-order valence-electron chi connectivity index (χ1n) is 10.9. The molecule has 1 aliphatic heterocycles. The Morgan fingerprint density at radius 3 is 2.88 bits per heavy atom. The maximum absolute atomic E-state index is 6.34. The van der Waals surface area contributed by atoms with E-state index in [9.17, 15) is 0 Å². The minimum Gasteiger partial charge on any atom is -0.493 e. The summed E-state index contributed by atoms with van der Waals surface area (Å²) in [6.07, 6.45) is 6.03. The lowest BCUT2D eigenvalue weighted by molar-refractivity contribution is -0.161. The average molecular weight is 435 g/mol. The summed E-state index contributed by atoms with van der Waals surface area (Å²) in [5.41, 5.74) is 8.87. The lowest BCUT2D eigenvalue weighted by Crippen LogP contribution is -2.29. The SMILES string of the molecule is Cn1cnc2cc(OC[C@H]3C[C@@H](n4ccc5c(N)ncnc54)[C@@H]4OC(C)(C)O[C@H]34)ccc21. The molecule has 9 heteroatoms. The average Bonchev–Trinajstić information content (AvgIpc) is 3.49. The number of hydrogen-bond acceptors (Lipinski definition) is 7. The first kappa shape index (κ1) is 19.5. The first-order valence-corrected chi connectivity index (χ1v) is 10.9. The number of nitrogens with two attached hydrogens (primary N) is 1. The largest absolute Gasteiger partial charge is 0.493 e. The number of aryl methyl sites for hydroxylation is 1. The van der Waals surface area contributed by atoms with Crippen LogP contribution >= 0.6 is 0 Å². The zero-order valence-electron chi connectivity index (χ0n) is 18.3. The third-order valence-electron chi connectivity index (χ3n) is 6.61. The zero-order valence-corrected chi connectivity index (χ0v) is 18.3. The van der Waals surface area contributed by atoms with Crippen molar-refractivity contribution >= 4 is 27.9 Å². The normalized spacial score (nSPS) is 26.7. The van der Waals surface area contributed by atoms with E-state index in [2.05, 4.69) is 19.5 Å². The maximum atomic E-state index is 6.34. The van der Waals surface area contributed by atoms with Gasteiger partial charge >= 0.3 is 0 Å². The third-order valence-corrected chi connectivity index (χ3v) is 6.61. The van der Waals surface area contributed by atoms with Crippen LogP contribution in [0.2, 0.25) is 0 Å². The molecule has 4 heterocycles. The van der Waals surface area contributed by atoms with Crippen molar-refractivity contribution in [2.45, 2.75) is 44.3 Å². The van der Waals surface area contributed by atoms with Gasteiger partial charge in [0.1, 0.15) is 29.6 Å². The van der Waals surface area contributed by atoms with Crippen LogP contribution in [0, 0.1) is 5.92 Å². The Hall–Kier alpha value is -3.17. The summed E-state index contributed by atoms with van der Waals surface area (Å²) in [7, 11) is 1.98. The molecular weight excluding hydrogens is 408 g/mol. The number of hydrogen-bond donors (Lipinski definition) is 1. The molecule has 3 aromatic heterocycles. The molecule has 2 N–H and O–H groups in total. The van der Waals surface area contributed by atoms with Crippen molar-refractivity contribution in [2.24, 2.45) is 13.0 Å². The highest BCUT2D eigenvalue weighted by atomic mass is 16.8. The second-order valence-corrected chi connectivity index (χ2v) is 9.16. The van der Waals surface area contributed by atoms with Crippen LogP contribution in [0.15, 0.2) is 43.1 Å². The number of aromatic nitrogens is 5. The van der Waals surface area contributed by atoms with E-state index in [-0.39, 0.29) is 24.2 Å². The van der Waals surface area contributed by atoms with Crippen molar-refractivity contribution < 1.29 is 14.2 Å². The van der Waals surface area contributed by atoms with Crippen molar-refractivity contribution in [3.05, 3.63) is 43.1 Å². The zero-order chi connectivity index (χ0) is 22.0. The van der Waals surface area contributed by atoms with Crippen LogP contribution in [-0.2, 0) is 16.5 Å². The van der Waals surface area contributed by atoms with E-state index < -0.39 is 5.79 Å². The molecule has 1 saturated carbocycles. The first-order chi connectivity index (χ1) is 15.4. The van der Waals surface area contributed by atoms with Gasteiger partial charge in [0.15, 0.2) is 5.79 Å². The molecule has 166 valence electrons. The fourth-order valence-corrected chi connectivity index (χ4v) is 5.16. The number of nitrogens with zero attached hydrogens (tertiary/aromatic N) is 5. The topological polar surface area (TPSA) is 102 Å². The Balaban J connectivity index is 1.27. The smallest absolute Gasteiger partial charge is 0.163 e. The van der Waals surface area contributed by atoms with E-state index in [1.165, 1.54) is 6.33 Å². The molecular formula is C23H26N6O3. The molecule has 1 aliphatic carbocycles. The number of rotatable bonds is 4. The van der Waals surface area contributed by atoms with Crippen molar-refractivity contribution in [3.63, 3.8) is 0 Å². The van der Waals surface area contributed by atoms with E-state index in [0.717, 1.165) is 34.2 Å². The summed E-state index contributed by atoms with van der Waals surface area (Å²) in [6, 6.07) is 8.04. The molecule has 0 unspecified atom stereocenters. The van der Waals surface area contributed by atoms with Crippen LogP contribution in [0.25, 0.3) is 22.1 Å². The molecule has 4 atom stereocenters. The highest BCUT2D eigenvalue weighted by molar-refractivity contribution is 5.86. The molecule has 1 aromatic carbocycles. The summed E-state index contributed by atoms with van der Waals surface area (Å²) in [6.45, 7) is 4.46. The van der Waals surface area contributed by atoms with Crippen LogP contribution in [0.3, 0.4) is 0 Å². The summed E-state index contributed by atoms with van der Waals surface area (Å²) in [5, 5.41) is 0.852. The van der Waals surface area contributed by atoms with Crippen LogP contribution in [0.1, 0.15) is 26.3 Å². The molecule has 2 aliphatic rings. The highest BCUT2D eigenvalue weighted by Gasteiger charge is 2.55. The van der Waals surface area contributed by atoms with Gasteiger partial charge in [0.05, 0.1) is 41.5 Å². The Labute approximate surface area is 185 Å². The number of ether oxygens (including phenoxy) is 3. The molecule has 9 nitrogen and oxygen atoms in total. The monoisotopic (exact) mass is 434 g/mol. The summed E-state index contributed by atoms with van der Waals surface area (Å²) in [5.74, 6) is 0.817. The molecule has 1 saturated heterocycles. The van der Waals surface area contributed by atoms with Crippen molar-refractivity contribution in [1.29, 1.82) is 0 Å². The molecule has 0 radical (unpaired) electrons. The molecule has 2 fully saturated rings. The quantitative estimate of drug-likeness (QED) is 0.527. The molecule has 32 heavy (non-hydrogen) atoms. The number of benzene rings is 1. The minimum absolute atomic E-state index is 0.0646. The van der Waals surface area contributed by atoms with E-state index >= 15 is 0 Å². The summed E-state index contributed by atoms with van der Waals surface area (Å²) in [4.78, 5) is 13.0. The second-order valence-electron chi connectivity index (χ2n) is 9.16. The van der Waals surface area contributed by atoms with Gasteiger partial charge < -0.3 is 29.1 Å². The van der Waals surface area contributed by atoms with Crippen LogP contribution in [-0.4, -0.2) is 48.7 Å². The Bertz CT molecular complexity index is 1310. The molecule has 0 bridgehead atoms. The molecule has 6 rings (SSSR count). The van der Waals surface area contributed by atoms with Gasteiger partial charge in [0.25, 0.3) is 0 Å². The van der Waals surface area contributed by atoms with Gasteiger partial charge in [-0.05, 0) is 38.5 Å². The fourth-order valence-electron chi connectivity index (χ4n) is 5.16. The van der Waals surface area contributed by atoms with Gasteiger partial charge in [-0.1, -0.05) is 0 Å². The van der Waals surface area contributed by atoms with Crippen LogP contribution < -0.4 is 10.5 Å². The van der Waals surface area contributed by atoms with Gasteiger partial charge in [-0.25, -0.2) is 15.0 Å². The van der Waals surface area contributed by atoms with E-state index in [1.807, 2.05) is 62.3 Å². The highest BCUT2D eigenvalue weighted by Crippen LogP contribution is 2.48. The lowest BCUT2D eigenvalue weighted by atomic mass is 10.1. The number of anilines is 1. The Morgan fingerprint density at radius 1 is 1.16 bits per heavy atom. The fraction of sp³-hybridized carbons (Fsp3) is 0.435. The van der Waals surface area contributed by atoms with Gasteiger partial charge in [0, 0.05) is 25.2 Å². The standard InChI is InChI=1S/C23H26N6O3/c1-23(2)31-19-13(10-30-14-4-5-17-16(9-14)27-12-28(17)3)8-18(20(19)32-23)29-7-6-15-21(24)25-11-26-22(15)29/h4-7,9,11-13,18-20H,8,10H2,1-3H3,(H2,24,25,26)/t13-,18-,19-,20+/m1/s1. The van der Waals surface area contributed by atoms with Gasteiger partial charge in [0.2, 0.25) is 0 Å². The lowest BCUT2D eigenvalue weighted by Gasteiger charge is -2.24. The third kappa shape index (κ3) is 3.03. The van der Waals surface area contributed by atoms with E-state index in [0.29, 0.717) is 12.4 Å². The van der Waals surface area contributed by atoms with Crippen LogP contribution in [0.4, 0.5) is 5.82 Å². The Morgan fingerprint density at radius 2 is 2.00 bits per heavy atom. The van der Waals surface area contributed by atoms with Crippen molar-refractivity contribution in [2.75, 3.05) is 12.3 Å². The second kappa shape index (κ2) is 6.91. The number of imidazole rings is 1. The van der Waals surface area contributed by atoms with Gasteiger partial charge in [-0.3, -0.25) is 0 Å². The number of nitrogen functional groups attached to an aromatic ring is 1. The minimum atomic E-state index is -0.643. The van der Waals surface area contributed by atoms with Crippen molar-refractivity contribution in [3.8, 4) is 5.75 Å².